The molecule has 0 aliphatic heterocycles. The van der Waals surface area contributed by atoms with Gasteiger partial charge in [-0.2, -0.15) is 0 Å². The molecule has 4 rings (SSSR count). The number of ketones is 1. The first-order valence-corrected chi connectivity index (χ1v) is 9.95. The van der Waals surface area contributed by atoms with Crippen molar-refractivity contribution in [3.63, 3.8) is 0 Å². The molecule has 0 aliphatic rings. The quantitative estimate of drug-likeness (QED) is 0.282. The number of carboxylic acid groups (broad SMARTS) is 1. The van der Waals surface area contributed by atoms with E-state index < -0.39 is 30.0 Å². The Labute approximate surface area is 192 Å². The lowest BCUT2D eigenvalue weighted by Gasteiger charge is -2.13. The van der Waals surface area contributed by atoms with Gasteiger partial charge in [0, 0.05) is 5.56 Å². The van der Waals surface area contributed by atoms with Gasteiger partial charge in [0.2, 0.25) is 5.91 Å². The van der Waals surface area contributed by atoms with Crippen LogP contribution in [0.4, 0.5) is 20.6 Å². The molecule has 0 radical (unpaired) electrons. The Morgan fingerprint density at radius 1 is 0.912 bits per heavy atom. The Balaban J connectivity index is 1.53. The molecular formula is C23H17FN6O4. The first kappa shape index (κ1) is 22.3. The molecule has 0 saturated carbocycles. The van der Waals surface area contributed by atoms with E-state index in [4.69, 9.17) is 5.11 Å². The average molecular weight is 460 g/mol. The Hall–Kier alpha value is -4.93. The number of carbonyl (C=O) groups is 3. The van der Waals surface area contributed by atoms with Gasteiger partial charge in [0.15, 0.2) is 5.78 Å². The van der Waals surface area contributed by atoms with E-state index in [2.05, 4.69) is 26.2 Å². The number of halogens is 1. The largest absolute Gasteiger partial charge is 0.465 e. The van der Waals surface area contributed by atoms with E-state index in [1.54, 1.807) is 48.5 Å². The summed E-state index contributed by atoms with van der Waals surface area (Å²) in [5.41, 5.74) is 2.40. The first-order chi connectivity index (χ1) is 16.4. The second-order valence-corrected chi connectivity index (χ2v) is 7.15. The maximum Gasteiger partial charge on any atom is 0.409 e. The average Bonchev–Trinajstić information content (AvgIpc) is 3.36. The number of nitrogens with one attached hydrogen (secondary N) is 2. The number of rotatable bonds is 7. The van der Waals surface area contributed by atoms with E-state index in [0.29, 0.717) is 16.8 Å². The molecule has 34 heavy (non-hydrogen) atoms. The van der Waals surface area contributed by atoms with Gasteiger partial charge in [0.25, 0.3) is 0 Å². The summed E-state index contributed by atoms with van der Waals surface area (Å²) in [6, 6.07) is 16.8. The van der Waals surface area contributed by atoms with Gasteiger partial charge in [-0.05, 0) is 58.0 Å². The van der Waals surface area contributed by atoms with Crippen LogP contribution in [0, 0.1) is 5.82 Å². The van der Waals surface area contributed by atoms with Crippen LogP contribution in [-0.4, -0.2) is 43.1 Å². The number of carbonyl (C=O) groups excluding carboxylic acids is 2. The maximum absolute atomic E-state index is 13.3. The molecule has 0 atom stereocenters. The monoisotopic (exact) mass is 460 g/mol. The number of anilines is 2. The van der Waals surface area contributed by atoms with Crippen LogP contribution >= 0.6 is 0 Å². The molecule has 1 heterocycles. The molecule has 170 valence electrons. The number of aromatic nitrogens is 4. The van der Waals surface area contributed by atoms with E-state index >= 15 is 0 Å². The minimum absolute atomic E-state index is 0.125. The molecule has 0 fully saturated rings. The molecule has 2 amide bonds. The summed E-state index contributed by atoms with van der Waals surface area (Å²) < 4.78 is 14.6. The zero-order valence-electron chi connectivity index (χ0n) is 17.5. The SMILES string of the molecule is O=C(O)Nc1ccc(-c2ccc(F)cc2)cc1NC(=O)CC(=O)c1cccc(-n2cnnn2)c1. The first-order valence-electron chi connectivity index (χ1n) is 9.95. The fourth-order valence-electron chi connectivity index (χ4n) is 3.24. The highest BCUT2D eigenvalue weighted by molar-refractivity contribution is 6.12. The number of hydrogen-bond acceptors (Lipinski definition) is 6. The van der Waals surface area contributed by atoms with Gasteiger partial charge in [0.05, 0.1) is 23.5 Å². The number of hydrogen-bond donors (Lipinski definition) is 3. The zero-order chi connectivity index (χ0) is 24.1. The summed E-state index contributed by atoms with van der Waals surface area (Å²) in [5, 5.41) is 24.8. The van der Waals surface area contributed by atoms with Crippen molar-refractivity contribution in [1.82, 2.24) is 20.2 Å². The van der Waals surface area contributed by atoms with Crippen molar-refractivity contribution in [2.24, 2.45) is 0 Å². The Morgan fingerprint density at radius 3 is 2.38 bits per heavy atom. The summed E-state index contributed by atoms with van der Waals surface area (Å²) in [5.74, 6) is -1.48. The lowest BCUT2D eigenvalue weighted by Crippen LogP contribution is -2.18. The van der Waals surface area contributed by atoms with Crippen molar-refractivity contribution in [3.05, 3.63) is 84.4 Å². The van der Waals surface area contributed by atoms with Crippen LogP contribution < -0.4 is 10.6 Å². The molecule has 10 nitrogen and oxygen atoms in total. The van der Waals surface area contributed by atoms with Crippen LogP contribution in [0.2, 0.25) is 0 Å². The third kappa shape index (κ3) is 5.27. The lowest BCUT2D eigenvalue weighted by atomic mass is 10.0. The summed E-state index contributed by atoms with van der Waals surface area (Å²) in [6.45, 7) is 0. The van der Waals surface area contributed by atoms with Crippen molar-refractivity contribution in [3.8, 4) is 16.8 Å². The van der Waals surface area contributed by atoms with Crippen molar-refractivity contribution < 1.29 is 23.9 Å². The molecule has 4 aromatic rings. The maximum atomic E-state index is 13.3. The number of amides is 2. The zero-order valence-corrected chi connectivity index (χ0v) is 17.5. The number of tetrazole rings is 1. The van der Waals surface area contributed by atoms with E-state index in [-0.39, 0.29) is 16.9 Å². The number of benzene rings is 3. The molecule has 1 aromatic heterocycles. The summed E-state index contributed by atoms with van der Waals surface area (Å²) in [7, 11) is 0. The molecule has 0 bridgehead atoms. The Bertz CT molecular complexity index is 1360. The highest BCUT2D eigenvalue weighted by Gasteiger charge is 2.16. The molecular weight excluding hydrogens is 443 g/mol. The third-order valence-electron chi connectivity index (χ3n) is 4.82. The summed E-state index contributed by atoms with van der Waals surface area (Å²) in [6.07, 6.45) is -0.422. The molecule has 0 aliphatic carbocycles. The highest BCUT2D eigenvalue weighted by atomic mass is 19.1. The normalized spacial score (nSPS) is 10.5. The Morgan fingerprint density at radius 2 is 1.68 bits per heavy atom. The molecule has 3 aromatic carbocycles. The van der Waals surface area contributed by atoms with E-state index in [1.165, 1.54) is 29.2 Å². The van der Waals surface area contributed by atoms with Crippen LogP contribution in [0.3, 0.4) is 0 Å². The third-order valence-corrected chi connectivity index (χ3v) is 4.82. The predicted molar refractivity (Wildman–Crippen MR) is 120 cm³/mol. The molecule has 0 spiro atoms. The summed E-state index contributed by atoms with van der Waals surface area (Å²) >= 11 is 0. The Kier molecular flexibility index (Phi) is 6.35. The fraction of sp³-hybridized carbons (Fsp3) is 0.0435. The standard InChI is InChI=1S/C23H17FN6O4/c24-17-7-4-14(5-8-17)15-6-9-19(27-23(33)34)20(11-15)26-22(32)12-21(31)16-2-1-3-18(10-16)30-13-25-28-29-30/h1-11,13,27H,12H2,(H,26,32)(H,33,34). The molecule has 0 unspecified atom stereocenters. The minimum Gasteiger partial charge on any atom is -0.465 e. The van der Waals surface area contributed by atoms with Crippen LogP contribution in [0.1, 0.15) is 16.8 Å². The van der Waals surface area contributed by atoms with Gasteiger partial charge in [-0.3, -0.25) is 14.9 Å². The highest BCUT2D eigenvalue weighted by Crippen LogP contribution is 2.29. The van der Waals surface area contributed by atoms with Gasteiger partial charge < -0.3 is 10.4 Å². The molecule has 3 N–H and O–H groups in total. The van der Waals surface area contributed by atoms with Crippen molar-refractivity contribution >= 4 is 29.2 Å². The van der Waals surface area contributed by atoms with E-state index in [9.17, 15) is 18.8 Å². The van der Waals surface area contributed by atoms with Crippen LogP contribution in [0.15, 0.2) is 73.1 Å². The van der Waals surface area contributed by atoms with E-state index in [1.807, 2.05) is 0 Å². The predicted octanol–water partition coefficient (Wildman–Crippen LogP) is 3.77. The number of nitrogens with zero attached hydrogens (tertiary/aromatic N) is 4. The lowest BCUT2D eigenvalue weighted by molar-refractivity contribution is -0.115. The van der Waals surface area contributed by atoms with Crippen LogP contribution in [0.25, 0.3) is 16.8 Å². The van der Waals surface area contributed by atoms with Crippen molar-refractivity contribution in [2.45, 2.75) is 6.42 Å². The molecule has 11 heteroatoms. The van der Waals surface area contributed by atoms with Gasteiger partial charge in [0.1, 0.15) is 12.1 Å². The second kappa shape index (κ2) is 9.69. The topological polar surface area (TPSA) is 139 Å². The van der Waals surface area contributed by atoms with Crippen molar-refractivity contribution in [2.75, 3.05) is 10.6 Å². The smallest absolute Gasteiger partial charge is 0.409 e. The van der Waals surface area contributed by atoms with Crippen LogP contribution in [-0.2, 0) is 4.79 Å². The van der Waals surface area contributed by atoms with Gasteiger partial charge in [-0.25, -0.2) is 13.9 Å². The van der Waals surface area contributed by atoms with Gasteiger partial charge in [-0.15, -0.1) is 5.10 Å². The fourth-order valence-corrected chi connectivity index (χ4v) is 3.24. The molecule has 0 saturated heterocycles. The minimum atomic E-state index is -1.32. The van der Waals surface area contributed by atoms with Crippen LogP contribution in [0.5, 0.6) is 0 Å². The van der Waals surface area contributed by atoms with Crippen molar-refractivity contribution in [1.29, 1.82) is 0 Å². The van der Waals surface area contributed by atoms with E-state index in [0.717, 1.165) is 0 Å². The summed E-state index contributed by atoms with van der Waals surface area (Å²) in [4.78, 5) is 36.5. The number of Topliss-reactive ketones (excluding diaryl/α,β-unsaturated/α-hetero) is 1. The van der Waals surface area contributed by atoms with Gasteiger partial charge in [-0.1, -0.05) is 30.3 Å². The van der Waals surface area contributed by atoms with Gasteiger partial charge >= 0.3 is 6.09 Å². The second-order valence-electron chi connectivity index (χ2n) is 7.15.